The van der Waals surface area contributed by atoms with Crippen LogP contribution in [0.2, 0.25) is 0 Å². The van der Waals surface area contributed by atoms with Crippen LogP contribution in [0.5, 0.6) is 0 Å². The molecule has 3 nitrogen and oxygen atoms in total. The lowest BCUT2D eigenvalue weighted by Gasteiger charge is -2.25. The molecule has 0 saturated heterocycles. The van der Waals surface area contributed by atoms with Crippen LogP contribution in [0.3, 0.4) is 0 Å². The summed E-state index contributed by atoms with van der Waals surface area (Å²) < 4.78 is 9.89. The van der Waals surface area contributed by atoms with Crippen molar-refractivity contribution in [3.63, 3.8) is 0 Å². The van der Waals surface area contributed by atoms with Crippen molar-refractivity contribution in [2.24, 2.45) is 5.92 Å². The summed E-state index contributed by atoms with van der Waals surface area (Å²) in [6, 6.07) is 0. The quantitative estimate of drug-likeness (QED) is 0.589. The Morgan fingerprint density at radius 2 is 2.33 bits per heavy atom. The molecule has 1 heterocycles. The lowest BCUT2D eigenvalue weighted by molar-refractivity contribution is -0.142. The fourth-order valence-corrected chi connectivity index (χ4v) is 1.21. The first kappa shape index (κ1) is 9.10. The van der Waals surface area contributed by atoms with Crippen LogP contribution in [-0.4, -0.2) is 18.7 Å². The minimum absolute atomic E-state index is 0.130. The topological polar surface area (TPSA) is 35.5 Å². The molecular formula is C9H14O3. The Morgan fingerprint density at radius 1 is 1.67 bits per heavy atom. The highest BCUT2D eigenvalue weighted by Crippen LogP contribution is 2.31. The molecule has 0 N–H and O–H groups in total. The number of ether oxygens (including phenoxy) is 2. The SMILES string of the molecule is COC(=O)CC1C=COC1(C)C. The molecule has 0 spiro atoms. The lowest BCUT2D eigenvalue weighted by atomic mass is 9.90. The Hall–Kier alpha value is -0.990. The molecule has 3 heteroatoms. The average Bonchev–Trinajstić information content (AvgIpc) is 2.31. The third-order valence-electron chi connectivity index (χ3n) is 2.19. The molecular weight excluding hydrogens is 156 g/mol. The van der Waals surface area contributed by atoms with E-state index in [-0.39, 0.29) is 17.5 Å². The fourth-order valence-electron chi connectivity index (χ4n) is 1.21. The van der Waals surface area contributed by atoms with Gasteiger partial charge in [0.15, 0.2) is 0 Å². The zero-order valence-corrected chi connectivity index (χ0v) is 7.66. The van der Waals surface area contributed by atoms with Gasteiger partial charge in [0.2, 0.25) is 0 Å². The fraction of sp³-hybridized carbons (Fsp3) is 0.667. The van der Waals surface area contributed by atoms with Crippen LogP contribution in [0.15, 0.2) is 12.3 Å². The number of hydrogen-bond acceptors (Lipinski definition) is 3. The number of carbonyl (C=O) groups excluding carboxylic acids is 1. The lowest BCUT2D eigenvalue weighted by Crippen LogP contribution is -2.29. The maximum Gasteiger partial charge on any atom is 0.306 e. The molecule has 68 valence electrons. The minimum Gasteiger partial charge on any atom is -0.495 e. The molecule has 0 fully saturated rings. The average molecular weight is 170 g/mol. The van der Waals surface area contributed by atoms with E-state index in [9.17, 15) is 4.79 Å². The van der Waals surface area contributed by atoms with Crippen molar-refractivity contribution in [1.82, 2.24) is 0 Å². The Balaban J connectivity index is 2.52. The van der Waals surface area contributed by atoms with Gasteiger partial charge in [-0.25, -0.2) is 0 Å². The van der Waals surface area contributed by atoms with Gasteiger partial charge in [-0.2, -0.15) is 0 Å². The summed E-state index contributed by atoms with van der Waals surface area (Å²) in [5, 5.41) is 0. The number of methoxy groups -OCH3 is 1. The van der Waals surface area contributed by atoms with Crippen molar-refractivity contribution in [3.05, 3.63) is 12.3 Å². The molecule has 1 aliphatic rings. The van der Waals surface area contributed by atoms with Crippen molar-refractivity contribution in [2.45, 2.75) is 25.9 Å². The molecule has 0 bridgehead atoms. The summed E-state index contributed by atoms with van der Waals surface area (Å²) in [4.78, 5) is 10.9. The van der Waals surface area contributed by atoms with Gasteiger partial charge < -0.3 is 9.47 Å². The van der Waals surface area contributed by atoms with Crippen LogP contribution in [-0.2, 0) is 14.3 Å². The number of rotatable bonds is 2. The molecule has 0 aromatic heterocycles. The van der Waals surface area contributed by atoms with E-state index in [0.717, 1.165) is 0 Å². The van der Waals surface area contributed by atoms with E-state index in [2.05, 4.69) is 4.74 Å². The maximum absolute atomic E-state index is 10.9. The summed E-state index contributed by atoms with van der Waals surface area (Å²) in [6.07, 6.45) is 3.94. The maximum atomic E-state index is 10.9. The zero-order chi connectivity index (χ0) is 9.19. The first-order valence-corrected chi connectivity index (χ1v) is 3.97. The zero-order valence-electron chi connectivity index (χ0n) is 7.66. The molecule has 0 aliphatic carbocycles. The van der Waals surface area contributed by atoms with Crippen molar-refractivity contribution in [2.75, 3.05) is 7.11 Å². The van der Waals surface area contributed by atoms with Gasteiger partial charge in [0.25, 0.3) is 0 Å². The summed E-state index contributed by atoms with van der Waals surface area (Å²) in [5.74, 6) is -0.0619. The van der Waals surface area contributed by atoms with Crippen molar-refractivity contribution >= 4 is 5.97 Å². The van der Waals surface area contributed by atoms with Gasteiger partial charge in [-0.15, -0.1) is 0 Å². The molecule has 0 aromatic carbocycles. The monoisotopic (exact) mass is 170 g/mol. The van der Waals surface area contributed by atoms with E-state index in [1.54, 1.807) is 6.26 Å². The molecule has 0 saturated carbocycles. The smallest absolute Gasteiger partial charge is 0.306 e. The van der Waals surface area contributed by atoms with Gasteiger partial charge in [-0.05, 0) is 19.9 Å². The van der Waals surface area contributed by atoms with Crippen LogP contribution in [0.25, 0.3) is 0 Å². The first-order valence-electron chi connectivity index (χ1n) is 3.97. The van der Waals surface area contributed by atoms with Crippen molar-refractivity contribution in [3.8, 4) is 0 Å². The van der Waals surface area contributed by atoms with Crippen molar-refractivity contribution in [1.29, 1.82) is 0 Å². The minimum atomic E-state index is -0.270. The summed E-state index contributed by atoms with van der Waals surface area (Å²) in [5.41, 5.74) is -0.270. The number of carbonyl (C=O) groups is 1. The highest BCUT2D eigenvalue weighted by molar-refractivity contribution is 5.70. The predicted octanol–water partition coefficient (Wildman–Crippen LogP) is 1.49. The second kappa shape index (κ2) is 3.17. The standard InChI is InChI=1S/C9H14O3/c1-9(2)7(4-5-12-9)6-8(10)11-3/h4-5,7H,6H2,1-3H3. The summed E-state index contributed by atoms with van der Waals surface area (Å²) in [7, 11) is 1.40. The van der Waals surface area contributed by atoms with E-state index in [1.807, 2.05) is 19.9 Å². The van der Waals surface area contributed by atoms with E-state index < -0.39 is 0 Å². The molecule has 1 unspecified atom stereocenters. The van der Waals surface area contributed by atoms with Gasteiger partial charge in [-0.1, -0.05) is 0 Å². The van der Waals surface area contributed by atoms with E-state index >= 15 is 0 Å². The summed E-state index contributed by atoms with van der Waals surface area (Å²) in [6.45, 7) is 3.92. The van der Waals surface area contributed by atoms with Crippen LogP contribution < -0.4 is 0 Å². The molecule has 12 heavy (non-hydrogen) atoms. The summed E-state index contributed by atoms with van der Waals surface area (Å²) >= 11 is 0. The van der Waals surface area contributed by atoms with Gasteiger partial charge in [0.1, 0.15) is 5.60 Å². The van der Waals surface area contributed by atoms with Crippen molar-refractivity contribution < 1.29 is 14.3 Å². The Morgan fingerprint density at radius 3 is 2.75 bits per heavy atom. The third-order valence-corrected chi connectivity index (χ3v) is 2.19. The van der Waals surface area contributed by atoms with E-state index in [4.69, 9.17) is 4.74 Å². The normalized spacial score (nSPS) is 25.1. The molecule has 0 radical (unpaired) electrons. The van der Waals surface area contributed by atoms with Gasteiger partial charge in [0, 0.05) is 5.92 Å². The largest absolute Gasteiger partial charge is 0.495 e. The van der Waals surface area contributed by atoms with E-state index in [1.165, 1.54) is 7.11 Å². The molecule has 0 aromatic rings. The Labute approximate surface area is 72.4 Å². The highest BCUT2D eigenvalue weighted by atomic mass is 16.5. The molecule has 1 rings (SSSR count). The number of esters is 1. The third kappa shape index (κ3) is 1.78. The Kier molecular flexibility index (Phi) is 2.40. The van der Waals surface area contributed by atoms with Gasteiger partial charge >= 0.3 is 5.97 Å². The molecule has 0 amide bonds. The first-order chi connectivity index (χ1) is 5.56. The van der Waals surface area contributed by atoms with E-state index in [0.29, 0.717) is 6.42 Å². The molecule has 1 aliphatic heterocycles. The predicted molar refractivity (Wildman–Crippen MR) is 44.4 cm³/mol. The van der Waals surface area contributed by atoms with Crippen LogP contribution in [0, 0.1) is 5.92 Å². The highest BCUT2D eigenvalue weighted by Gasteiger charge is 2.34. The number of hydrogen-bond donors (Lipinski definition) is 0. The van der Waals surface area contributed by atoms with Crippen LogP contribution >= 0.6 is 0 Å². The van der Waals surface area contributed by atoms with Crippen LogP contribution in [0.1, 0.15) is 20.3 Å². The van der Waals surface area contributed by atoms with Gasteiger partial charge in [0.05, 0.1) is 19.8 Å². The van der Waals surface area contributed by atoms with Gasteiger partial charge in [-0.3, -0.25) is 4.79 Å². The second-order valence-corrected chi connectivity index (χ2v) is 3.44. The molecule has 1 atom stereocenters. The second-order valence-electron chi connectivity index (χ2n) is 3.44. The Bertz CT molecular complexity index is 206. The van der Waals surface area contributed by atoms with Crippen LogP contribution in [0.4, 0.5) is 0 Å².